The van der Waals surface area contributed by atoms with Crippen molar-refractivity contribution in [2.24, 2.45) is 0 Å². The standard InChI is InChI=1S/C15H21N3O2S/c1-11(2)13-5-3-12(4-6-13)7-16-8-14(19)10-20-15-9-17-21-18-15/h3-6,9,11,14,16,19H,7-8,10H2,1-2H3. The highest BCUT2D eigenvalue weighted by Crippen LogP contribution is 2.14. The molecule has 1 unspecified atom stereocenters. The van der Waals surface area contributed by atoms with E-state index in [1.807, 2.05) is 0 Å². The Hall–Kier alpha value is -1.50. The number of hydrogen-bond acceptors (Lipinski definition) is 6. The molecule has 0 saturated heterocycles. The van der Waals surface area contributed by atoms with Crippen LogP contribution in [-0.4, -0.2) is 33.1 Å². The highest BCUT2D eigenvalue weighted by Gasteiger charge is 2.06. The minimum absolute atomic E-state index is 0.213. The Kier molecular flexibility index (Phi) is 6.10. The average Bonchev–Trinajstić information content (AvgIpc) is 2.99. The second-order valence-corrected chi connectivity index (χ2v) is 5.79. The second-order valence-electron chi connectivity index (χ2n) is 5.24. The zero-order valence-corrected chi connectivity index (χ0v) is 13.1. The molecule has 6 heteroatoms. The third-order valence-electron chi connectivity index (χ3n) is 3.12. The summed E-state index contributed by atoms with van der Waals surface area (Å²) in [5.74, 6) is 1.01. The third kappa shape index (κ3) is 5.41. The molecule has 0 radical (unpaired) electrons. The van der Waals surface area contributed by atoms with E-state index in [2.05, 4.69) is 52.2 Å². The van der Waals surface area contributed by atoms with Crippen LogP contribution in [0.1, 0.15) is 30.9 Å². The van der Waals surface area contributed by atoms with Crippen LogP contribution in [0.15, 0.2) is 30.5 Å². The Morgan fingerprint density at radius 1 is 1.29 bits per heavy atom. The van der Waals surface area contributed by atoms with Crippen LogP contribution in [0.25, 0.3) is 0 Å². The maximum atomic E-state index is 9.81. The topological polar surface area (TPSA) is 67.3 Å². The summed E-state index contributed by atoms with van der Waals surface area (Å²) < 4.78 is 13.0. The van der Waals surface area contributed by atoms with Gasteiger partial charge in [-0.15, -0.1) is 4.37 Å². The van der Waals surface area contributed by atoms with E-state index in [1.165, 1.54) is 11.1 Å². The minimum atomic E-state index is -0.568. The van der Waals surface area contributed by atoms with Gasteiger partial charge in [-0.2, -0.15) is 4.37 Å². The van der Waals surface area contributed by atoms with Gasteiger partial charge in [0.05, 0.1) is 11.7 Å². The number of nitrogens with one attached hydrogen (secondary N) is 1. The van der Waals surface area contributed by atoms with Gasteiger partial charge in [0, 0.05) is 13.1 Å². The van der Waals surface area contributed by atoms with Crippen LogP contribution in [0.5, 0.6) is 5.88 Å². The number of nitrogens with zero attached hydrogens (tertiary/aromatic N) is 2. The summed E-state index contributed by atoms with van der Waals surface area (Å²) in [4.78, 5) is 0. The molecule has 0 fully saturated rings. The fourth-order valence-electron chi connectivity index (χ4n) is 1.86. The summed E-state index contributed by atoms with van der Waals surface area (Å²) in [6, 6.07) is 8.53. The quantitative estimate of drug-likeness (QED) is 0.782. The minimum Gasteiger partial charge on any atom is -0.473 e. The van der Waals surface area contributed by atoms with Crippen molar-refractivity contribution in [1.82, 2.24) is 14.1 Å². The number of aliphatic hydroxyl groups is 1. The zero-order chi connectivity index (χ0) is 15.1. The van der Waals surface area contributed by atoms with Gasteiger partial charge in [-0.1, -0.05) is 38.1 Å². The predicted octanol–water partition coefficient (Wildman–Crippen LogP) is 2.19. The monoisotopic (exact) mass is 307 g/mol. The van der Waals surface area contributed by atoms with E-state index in [0.29, 0.717) is 18.3 Å². The second kappa shape index (κ2) is 8.07. The van der Waals surface area contributed by atoms with Crippen LogP contribution in [0.2, 0.25) is 0 Å². The fourth-order valence-corrected chi connectivity index (χ4v) is 2.23. The van der Waals surface area contributed by atoms with Crippen molar-refractivity contribution < 1.29 is 9.84 Å². The maximum absolute atomic E-state index is 9.81. The van der Waals surface area contributed by atoms with Gasteiger partial charge in [-0.3, -0.25) is 0 Å². The molecule has 0 aliphatic rings. The van der Waals surface area contributed by atoms with Crippen molar-refractivity contribution in [1.29, 1.82) is 0 Å². The smallest absolute Gasteiger partial charge is 0.245 e. The summed E-state index contributed by atoms with van der Waals surface area (Å²) >= 11 is 1.09. The van der Waals surface area contributed by atoms with Crippen molar-refractivity contribution in [3.05, 3.63) is 41.6 Å². The van der Waals surface area contributed by atoms with Crippen LogP contribution >= 0.6 is 11.7 Å². The van der Waals surface area contributed by atoms with Crippen molar-refractivity contribution in [3.63, 3.8) is 0 Å². The van der Waals surface area contributed by atoms with Crippen LogP contribution in [0.3, 0.4) is 0 Å². The van der Waals surface area contributed by atoms with Gasteiger partial charge in [0.2, 0.25) is 5.88 Å². The summed E-state index contributed by atoms with van der Waals surface area (Å²) in [6.45, 7) is 5.78. The van der Waals surface area contributed by atoms with Gasteiger partial charge >= 0.3 is 0 Å². The molecule has 0 aliphatic heterocycles. The van der Waals surface area contributed by atoms with Gasteiger partial charge < -0.3 is 15.2 Å². The summed E-state index contributed by atoms with van der Waals surface area (Å²) in [5, 5.41) is 13.0. The highest BCUT2D eigenvalue weighted by molar-refractivity contribution is 6.99. The molecule has 2 N–H and O–H groups in total. The lowest BCUT2D eigenvalue weighted by molar-refractivity contribution is 0.104. The van der Waals surface area contributed by atoms with Crippen LogP contribution in [0.4, 0.5) is 0 Å². The number of aliphatic hydroxyl groups excluding tert-OH is 1. The van der Waals surface area contributed by atoms with Crippen molar-refractivity contribution in [3.8, 4) is 5.88 Å². The molecule has 0 spiro atoms. The van der Waals surface area contributed by atoms with Crippen LogP contribution < -0.4 is 10.1 Å². The molecule has 114 valence electrons. The first kappa shape index (κ1) is 15.9. The summed E-state index contributed by atoms with van der Waals surface area (Å²) in [5.41, 5.74) is 2.54. The van der Waals surface area contributed by atoms with Crippen LogP contribution in [0, 0.1) is 0 Å². The van der Waals surface area contributed by atoms with Gasteiger partial charge in [0.15, 0.2) is 0 Å². The van der Waals surface area contributed by atoms with E-state index in [-0.39, 0.29) is 6.61 Å². The molecule has 0 amide bonds. The molecule has 21 heavy (non-hydrogen) atoms. The number of rotatable bonds is 8. The number of aromatic nitrogens is 2. The van der Waals surface area contributed by atoms with E-state index >= 15 is 0 Å². The Morgan fingerprint density at radius 3 is 2.67 bits per heavy atom. The molecule has 1 aromatic heterocycles. The normalized spacial score (nSPS) is 12.6. The SMILES string of the molecule is CC(C)c1ccc(CNCC(O)COc2cnsn2)cc1. The number of ether oxygens (including phenoxy) is 1. The van der Waals surface area contributed by atoms with Gasteiger partial charge in [0.1, 0.15) is 18.9 Å². The lowest BCUT2D eigenvalue weighted by Gasteiger charge is -2.12. The van der Waals surface area contributed by atoms with Gasteiger partial charge in [0.25, 0.3) is 0 Å². The number of benzene rings is 1. The molecule has 2 aromatic rings. The van der Waals surface area contributed by atoms with E-state index in [4.69, 9.17) is 4.74 Å². The van der Waals surface area contributed by atoms with Crippen molar-refractivity contribution in [2.45, 2.75) is 32.4 Å². The van der Waals surface area contributed by atoms with E-state index < -0.39 is 6.10 Å². The molecule has 0 aliphatic carbocycles. The summed E-state index contributed by atoms with van der Waals surface area (Å²) in [6.07, 6.45) is 0.975. The Labute approximate surface area is 129 Å². The molecule has 1 heterocycles. The first-order chi connectivity index (χ1) is 10.1. The molecule has 1 atom stereocenters. The Balaban J connectivity index is 1.66. The van der Waals surface area contributed by atoms with Crippen LogP contribution in [-0.2, 0) is 6.54 Å². The largest absolute Gasteiger partial charge is 0.473 e. The molecule has 0 bridgehead atoms. The maximum Gasteiger partial charge on any atom is 0.245 e. The molecule has 2 rings (SSSR count). The number of hydrogen-bond donors (Lipinski definition) is 2. The van der Waals surface area contributed by atoms with E-state index in [9.17, 15) is 5.11 Å². The lowest BCUT2D eigenvalue weighted by Crippen LogP contribution is -2.31. The Bertz CT molecular complexity index is 514. The van der Waals surface area contributed by atoms with E-state index in [0.717, 1.165) is 18.3 Å². The van der Waals surface area contributed by atoms with Crippen molar-refractivity contribution >= 4 is 11.7 Å². The third-order valence-corrected chi connectivity index (χ3v) is 3.58. The molecule has 1 aromatic carbocycles. The molecular weight excluding hydrogens is 286 g/mol. The lowest BCUT2D eigenvalue weighted by atomic mass is 10.0. The molecular formula is C15H21N3O2S. The average molecular weight is 307 g/mol. The first-order valence-corrected chi connectivity index (χ1v) is 7.76. The molecule has 5 nitrogen and oxygen atoms in total. The van der Waals surface area contributed by atoms with Gasteiger partial charge in [-0.25, -0.2) is 0 Å². The first-order valence-electron chi connectivity index (χ1n) is 7.03. The molecule has 0 saturated carbocycles. The van der Waals surface area contributed by atoms with Gasteiger partial charge in [-0.05, 0) is 17.0 Å². The Morgan fingerprint density at radius 2 is 2.05 bits per heavy atom. The van der Waals surface area contributed by atoms with Crippen molar-refractivity contribution in [2.75, 3.05) is 13.2 Å². The highest BCUT2D eigenvalue weighted by atomic mass is 32.1. The fraction of sp³-hybridized carbons (Fsp3) is 0.467. The predicted molar refractivity (Wildman–Crippen MR) is 83.6 cm³/mol. The zero-order valence-electron chi connectivity index (χ0n) is 12.3. The summed E-state index contributed by atoms with van der Waals surface area (Å²) in [7, 11) is 0. The van der Waals surface area contributed by atoms with E-state index in [1.54, 1.807) is 6.20 Å².